The van der Waals surface area contributed by atoms with Gasteiger partial charge in [0, 0.05) is 31.3 Å². The highest BCUT2D eigenvalue weighted by Crippen LogP contribution is 2.19. The third-order valence-corrected chi connectivity index (χ3v) is 2.80. The fourth-order valence-corrected chi connectivity index (χ4v) is 1.87. The molecule has 1 aromatic carbocycles. The maximum atomic E-state index is 12.6. The van der Waals surface area contributed by atoms with Crippen LogP contribution < -0.4 is 0 Å². The van der Waals surface area contributed by atoms with Crippen molar-refractivity contribution in [3.05, 3.63) is 39.9 Å². The summed E-state index contributed by atoms with van der Waals surface area (Å²) < 4.78 is 12.6. The number of nitro groups is 1. The van der Waals surface area contributed by atoms with E-state index in [2.05, 4.69) is 0 Å². The molecule has 1 saturated heterocycles. The van der Waals surface area contributed by atoms with Crippen LogP contribution in [0.4, 0.5) is 10.1 Å². The van der Waals surface area contributed by atoms with Gasteiger partial charge in [0.05, 0.1) is 4.92 Å². The van der Waals surface area contributed by atoms with Crippen LogP contribution in [0.1, 0.15) is 5.56 Å². The van der Waals surface area contributed by atoms with Gasteiger partial charge in [0.1, 0.15) is 6.17 Å². The zero-order valence-corrected chi connectivity index (χ0v) is 8.80. The molecule has 0 amide bonds. The Bertz CT molecular complexity index is 391. The summed E-state index contributed by atoms with van der Waals surface area (Å²) >= 11 is 0. The lowest BCUT2D eigenvalue weighted by Crippen LogP contribution is -2.48. The summed E-state index contributed by atoms with van der Waals surface area (Å²) in [6, 6.07) is 6.70. The molecule has 0 bridgehead atoms. The van der Waals surface area contributed by atoms with Crippen molar-refractivity contribution in [3.8, 4) is 0 Å². The molecule has 2 rings (SSSR count). The monoisotopic (exact) mass is 224 g/mol. The molecule has 1 aliphatic rings. The third-order valence-electron chi connectivity index (χ3n) is 2.80. The van der Waals surface area contributed by atoms with Gasteiger partial charge in [-0.2, -0.15) is 0 Å². The van der Waals surface area contributed by atoms with Crippen LogP contribution in [0.5, 0.6) is 0 Å². The molecule has 1 fully saturated rings. The van der Waals surface area contributed by atoms with Crippen LogP contribution in [0.15, 0.2) is 24.3 Å². The summed E-state index contributed by atoms with van der Waals surface area (Å²) in [4.78, 5) is 12.3. The van der Waals surface area contributed by atoms with Gasteiger partial charge in [0.15, 0.2) is 0 Å². The molecule has 0 saturated carbocycles. The number of rotatable bonds is 4. The molecular formula is C11H13FN2O2. The van der Waals surface area contributed by atoms with E-state index in [0.717, 1.165) is 5.56 Å². The van der Waals surface area contributed by atoms with E-state index < -0.39 is 6.17 Å². The zero-order valence-electron chi connectivity index (χ0n) is 8.80. The Morgan fingerprint density at radius 3 is 2.75 bits per heavy atom. The van der Waals surface area contributed by atoms with Gasteiger partial charge in [-0.1, -0.05) is 18.2 Å². The van der Waals surface area contributed by atoms with Gasteiger partial charge in [-0.3, -0.25) is 15.0 Å². The molecule has 0 N–H and O–H groups in total. The van der Waals surface area contributed by atoms with E-state index in [1.165, 1.54) is 6.07 Å². The van der Waals surface area contributed by atoms with Gasteiger partial charge in [0.2, 0.25) is 0 Å². The maximum Gasteiger partial charge on any atom is 0.272 e. The fraction of sp³-hybridized carbons (Fsp3) is 0.455. The van der Waals surface area contributed by atoms with Crippen molar-refractivity contribution in [2.45, 2.75) is 12.6 Å². The molecule has 0 aliphatic carbocycles. The number of nitro benzene ring substituents is 1. The molecule has 5 heteroatoms. The SMILES string of the molecule is O=[N+]([O-])c1ccccc1CCN1CC(F)C1. The summed E-state index contributed by atoms with van der Waals surface area (Å²) in [5.41, 5.74) is 0.870. The lowest BCUT2D eigenvalue weighted by Gasteiger charge is -2.34. The first kappa shape index (κ1) is 11.0. The normalized spacial score (nSPS) is 17.1. The highest BCUT2D eigenvalue weighted by molar-refractivity contribution is 5.39. The van der Waals surface area contributed by atoms with E-state index in [9.17, 15) is 14.5 Å². The zero-order chi connectivity index (χ0) is 11.5. The largest absolute Gasteiger partial charge is 0.297 e. The quantitative estimate of drug-likeness (QED) is 0.578. The molecule has 4 nitrogen and oxygen atoms in total. The lowest BCUT2D eigenvalue weighted by atomic mass is 10.1. The molecule has 0 aromatic heterocycles. The van der Waals surface area contributed by atoms with E-state index in [0.29, 0.717) is 26.1 Å². The van der Waals surface area contributed by atoms with Crippen molar-refractivity contribution in [3.63, 3.8) is 0 Å². The Morgan fingerprint density at radius 1 is 1.44 bits per heavy atom. The van der Waals surface area contributed by atoms with Crippen molar-refractivity contribution in [2.24, 2.45) is 0 Å². The van der Waals surface area contributed by atoms with Crippen molar-refractivity contribution in [1.29, 1.82) is 0 Å². The van der Waals surface area contributed by atoms with Gasteiger partial charge in [-0.25, -0.2) is 4.39 Å². The van der Waals surface area contributed by atoms with Gasteiger partial charge >= 0.3 is 0 Å². The summed E-state index contributed by atoms with van der Waals surface area (Å²) in [6.07, 6.45) is -0.116. The number of benzene rings is 1. The number of alkyl halides is 1. The summed E-state index contributed by atoms with van der Waals surface area (Å²) in [5, 5.41) is 10.7. The fourth-order valence-electron chi connectivity index (χ4n) is 1.87. The standard InChI is InChI=1S/C11H13FN2O2/c12-10-7-13(8-10)6-5-9-3-1-2-4-11(9)14(15)16/h1-4,10H,5-8H2. The molecule has 1 heterocycles. The average molecular weight is 224 g/mol. The Kier molecular flexibility index (Phi) is 3.14. The molecule has 16 heavy (non-hydrogen) atoms. The average Bonchev–Trinajstić information content (AvgIpc) is 2.23. The Hall–Kier alpha value is -1.49. The first-order valence-electron chi connectivity index (χ1n) is 5.25. The van der Waals surface area contributed by atoms with Gasteiger partial charge < -0.3 is 0 Å². The van der Waals surface area contributed by atoms with Crippen LogP contribution in [-0.2, 0) is 6.42 Å². The predicted molar refractivity (Wildman–Crippen MR) is 58.1 cm³/mol. The van der Waals surface area contributed by atoms with Gasteiger partial charge in [-0.15, -0.1) is 0 Å². The Labute approximate surface area is 92.8 Å². The predicted octanol–water partition coefficient (Wildman–Crippen LogP) is 1.79. The summed E-state index contributed by atoms with van der Waals surface area (Å²) in [5.74, 6) is 0. The van der Waals surface area contributed by atoms with Gasteiger partial charge in [0.25, 0.3) is 5.69 Å². The Morgan fingerprint density at radius 2 is 2.12 bits per heavy atom. The van der Waals surface area contributed by atoms with E-state index in [1.807, 2.05) is 4.90 Å². The second kappa shape index (κ2) is 4.57. The number of likely N-dealkylation sites (tertiary alicyclic amines) is 1. The smallest absolute Gasteiger partial charge is 0.272 e. The molecule has 0 unspecified atom stereocenters. The summed E-state index contributed by atoms with van der Waals surface area (Å²) in [6.45, 7) is 1.60. The van der Waals surface area contributed by atoms with E-state index in [1.54, 1.807) is 18.2 Å². The first-order valence-corrected chi connectivity index (χ1v) is 5.25. The third kappa shape index (κ3) is 2.36. The topological polar surface area (TPSA) is 46.4 Å². The molecule has 1 aliphatic heterocycles. The van der Waals surface area contributed by atoms with Crippen molar-refractivity contribution in [2.75, 3.05) is 19.6 Å². The van der Waals surface area contributed by atoms with Crippen LogP contribution in [0.3, 0.4) is 0 Å². The van der Waals surface area contributed by atoms with Gasteiger partial charge in [-0.05, 0) is 6.42 Å². The summed E-state index contributed by atoms with van der Waals surface area (Å²) in [7, 11) is 0. The molecule has 0 radical (unpaired) electrons. The number of nitrogens with zero attached hydrogens (tertiary/aromatic N) is 2. The minimum Gasteiger partial charge on any atom is -0.297 e. The number of halogens is 1. The number of hydrogen-bond acceptors (Lipinski definition) is 3. The van der Waals surface area contributed by atoms with Crippen molar-refractivity contribution >= 4 is 5.69 Å². The second-order valence-electron chi connectivity index (χ2n) is 3.99. The second-order valence-corrected chi connectivity index (χ2v) is 3.99. The molecule has 86 valence electrons. The first-order chi connectivity index (χ1) is 7.66. The van der Waals surface area contributed by atoms with E-state index in [-0.39, 0.29) is 10.6 Å². The molecule has 0 spiro atoms. The van der Waals surface area contributed by atoms with E-state index >= 15 is 0 Å². The highest BCUT2D eigenvalue weighted by Gasteiger charge is 2.26. The lowest BCUT2D eigenvalue weighted by molar-refractivity contribution is -0.385. The van der Waals surface area contributed by atoms with Crippen LogP contribution in [0.25, 0.3) is 0 Å². The van der Waals surface area contributed by atoms with Crippen LogP contribution in [0.2, 0.25) is 0 Å². The number of para-hydroxylation sites is 1. The minimum absolute atomic E-state index is 0.153. The van der Waals surface area contributed by atoms with E-state index in [4.69, 9.17) is 0 Å². The van der Waals surface area contributed by atoms with Crippen molar-refractivity contribution in [1.82, 2.24) is 4.90 Å². The Balaban J connectivity index is 1.95. The van der Waals surface area contributed by atoms with Crippen molar-refractivity contribution < 1.29 is 9.31 Å². The minimum atomic E-state index is -0.717. The molecule has 0 atom stereocenters. The number of hydrogen-bond donors (Lipinski definition) is 0. The molecular weight excluding hydrogens is 211 g/mol. The highest BCUT2D eigenvalue weighted by atomic mass is 19.1. The van der Waals surface area contributed by atoms with Crippen LogP contribution >= 0.6 is 0 Å². The molecule has 1 aromatic rings. The van der Waals surface area contributed by atoms with Crippen LogP contribution in [-0.4, -0.2) is 35.6 Å². The maximum absolute atomic E-state index is 12.6. The van der Waals surface area contributed by atoms with Crippen LogP contribution in [0, 0.1) is 10.1 Å².